The summed E-state index contributed by atoms with van der Waals surface area (Å²) in [5.74, 6) is -1.67. The number of rotatable bonds is 6. The molecule has 154 valence electrons. The second kappa shape index (κ2) is 7.84. The molecule has 3 aromatic rings. The number of β-lactam (4-membered cyclic amide) rings is 1. The number of carbonyl (C=O) groups excluding carboxylic acids is 2. The van der Waals surface area contributed by atoms with E-state index in [1.165, 1.54) is 22.1 Å². The predicted molar refractivity (Wildman–Crippen MR) is 111 cm³/mol. The van der Waals surface area contributed by atoms with Gasteiger partial charge >= 0.3 is 0 Å². The summed E-state index contributed by atoms with van der Waals surface area (Å²) in [6, 6.07) is 14.2. The fourth-order valence-electron chi connectivity index (χ4n) is 3.80. The Kier molecular flexibility index (Phi) is 4.87. The van der Waals surface area contributed by atoms with Crippen LogP contribution < -0.4 is 9.67 Å². The lowest BCUT2D eigenvalue weighted by molar-refractivity contribution is -0.695. The highest BCUT2D eigenvalue weighted by Crippen LogP contribution is 2.47. The van der Waals surface area contributed by atoms with Crippen molar-refractivity contribution in [2.45, 2.75) is 18.3 Å². The highest BCUT2D eigenvalue weighted by atomic mass is 32.2. The lowest BCUT2D eigenvalue weighted by Crippen LogP contribution is -2.53. The van der Waals surface area contributed by atoms with Gasteiger partial charge in [0.15, 0.2) is 18.9 Å². The quantitative estimate of drug-likeness (QED) is 0.356. The number of hydrogen-bond acceptors (Lipinski definition) is 6. The maximum atomic E-state index is 12.8. The minimum Gasteiger partial charge on any atom is -0.543 e. The molecule has 0 spiro atoms. The van der Waals surface area contributed by atoms with Crippen molar-refractivity contribution in [3.8, 4) is 11.1 Å². The van der Waals surface area contributed by atoms with Crippen molar-refractivity contribution in [3.63, 3.8) is 0 Å². The summed E-state index contributed by atoms with van der Waals surface area (Å²) in [5, 5.41) is 23.0. The van der Waals surface area contributed by atoms with Crippen molar-refractivity contribution in [1.29, 1.82) is 0 Å². The number of fused-ring (bicyclic) bond motifs is 1. The van der Waals surface area contributed by atoms with Gasteiger partial charge in [0.2, 0.25) is 0 Å². The van der Waals surface area contributed by atoms with Gasteiger partial charge in [0, 0.05) is 18.6 Å². The summed E-state index contributed by atoms with van der Waals surface area (Å²) < 4.78 is 2.04. The fourth-order valence-corrected chi connectivity index (χ4v) is 4.98. The largest absolute Gasteiger partial charge is 0.543 e. The number of nitrogens with one attached hydrogen (secondary N) is 1. The molecule has 1 amide bonds. The van der Waals surface area contributed by atoms with Crippen LogP contribution in [-0.4, -0.2) is 37.6 Å². The van der Waals surface area contributed by atoms with Crippen molar-refractivity contribution >= 4 is 29.2 Å². The fraction of sp³-hybridized carbons (Fsp3) is 0.136. The molecule has 0 radical (unpaired) electrons. The van der Waals surface area contributed by atoms with Crippen molar-refractivity contribution in [2.24, 2.45) is 0 Å². The number of nitrogens with zero attached hydrogens (tertiary/aromatic N) is 4. The van der Waals surface area contributed by atoms with Crippen LogP contribution in [0.5, 0.6) is 0 Å². The van der Waals surface area contributed by atoms with Crippen LogP contribution in [0.15, 0.2) is 77.7 Å². The van der Waals surface area contributed by atoms with Crippen LogP contribution in [0.1, 0.15) is 12.1 Å². The second-order valence-electron chi connectivity index (χ2n) is 7.14. The summed E-state index contributed by atoms with van der Waals surface area (Å²) >= 11 is 1.29. The predicted octanol–water partition coefficient (Wildman–Crippen LogP) is 1.11. The Bertz CT molecular complexity index is 1200. The third kappa shape index (κ3) is 3.42. The third-order valence-corrected chi connectivity index (χ3v) is 6.44. The zero-order chi connectivity index (χ0) is 21.4. The molecule has 1 aromatic carbocycles. The third-order valence-electron chi connectivity index (χ3n) is 5.38. The van der Waals surface area contributed by atoms with Gasteiger partial charge in [-0.2, -0.15) is 15.4 Å². The molecule has 1 fully saturated rings. The van der Waals surface area contributed by atoms with Crippen LogP contribution in [0.25, 0.3) is 16.7 Å². The Morgan fingerprint density at radius 3 is 2.58 bits per heavy atom. The first-order valence-corrected chi connectivity index (χ1v) is 10.6. The number of H-pyrrole nitrogens is 1. The lowest BCUT2D eigenvalue weighted by atomic mass is 9.94. The molecule has 1 saturated heterocycles. The first kappa shape index (κ1) is 19.3. The van der Waals surface area contributed by atoms with Gasteiger partial charge in [0.25, 0.3) is 5.91 Å². The van der Waals surface area contributed by atoms with Crippen LogP contribution >= 0.6 is 11.8 Å². The molecule has 0 bridgehead atoms. The Balaban J connectivity index is 1.38. The number of allylic oxidation sites excluding steroid dienone is 1. The zero-order valence-electron chi connectivity index (χ0n) is 16.3. The maximum absolute atomic E-state index is 12.8. The smallest absolute Gasteiger partial charge is 0.258 e. The van der Waals surface area contributed by atoms with Crippen molar-refractivity contribution in [2.75, 3.05) is 0 Å². The highest BCUT2D eigenvalue weighted by molar-refractivity contribution is 8.03. The van der Waals surface area contributed by atoms with Crippen molar-refractivity contribution in [1.82, 2.24) is 20.3 Å². The average Bonchev–Trinajstić information content (AvgIpc) is 3.46. The summed E-state index contributed by atoms with van der Waals surface area (Å²) in [6.45, 7) is 0.631. The topological polar surface area (TPSA) is 106 Å². The molecule has 0 unspecified atom stereocenters. The maximum Gasteiger partial charge on any atom is 0.258 e. The zero-order valence-corrected chi connectivity index (χ0v) is 17.1. The average molecular weight is 431 g/mol. The van der Waals surface area contributed by atoms with Crippen LogP contribution in [0.4, 0.5) is 0 Å². The second-order valence-corrected chi connectivity index (χ2v) is 8.10. The number of pyridine rings is 1. The van der Waals surface area contributed by atoms with E-state index in [0.717, 1.165) is 16.7 Å². The first-order valence-electron chi connectivity index (χ1n) is 9.68. The summed E-state index contributed by atoms with van der Waals surface area (Å²) in [6.07, 6.45) is 6.13. The number of benzene rings is 1. The van der Waals surface area contributed by atoms with Gasteiger partial charge < -0.3 is 9.90 Å². The molecule has 0 aliphatic carbocycles. The molecule has 4 heterocycles. The molecule has 8 nitrogen and oxygen atoms in total. The van der Waals surface area contributed by atoms with Gasteiger partial charge in [0.1, 0.15) is 11.1 Å². The number of hydrogen-bond donors (Lipinski definition) is 1. The molecule has 9 heteroatoms. The molecule has 0 saturated carbocycles. The van der Waals surface area contributed by atoms with Gasteiger partial charge in [-0.25, -0.2) is 4.57 Å². The number of carboxylic acid groups (broad SMARTS) is 1. The molecule has 1 N–H and O–H groups in total. The molecule has 2 aromatic heterocycles. The van der Waals surface area contributed by atoms with E-state index in [4.69, 9.17) is 0 Å². The van der Waals surface area contributed by atoms with Gasteiger partial charge in [-0.15, -0.1) is 11.8 Å². The number of aliphatic carboxylic acids is 1. The van der Waals surface area contributed by atoms with Gasteiger partial charge in [-0.3, -0.25) is 9.69 Å². The van der Waals surface area contributed by atoms with Crippen LogP contribution in [0.3, 0.4) is 0 Å². The van der Waals surface area contributed by atoms with E-state index in [1.54, 1.807) is 6.20 Å². The molecule has 31 heavy (non-hydrogen) atoms. The first-order chi connectivity index (χ1) is 15.1. The standard InChI is InChI=1S/C22H17N5O3S/c28-20-19(21-27(20)18(13-31-21)22(29)30)16(17-12-23-25-24-17)8-11-26-9-6-15(7-10-26)14-4-2-1-3-5-14/h1-7,9-10,12-13,21H,8,11H2,(H-,23,24,25,28,29,30)/t21-/m1/s1. The van der Waals surface area contributed by atoms with E-state index >= 15 is 0 Å². The molecule has 2 aliphatic rings. The van der Waals surface area contributed by atoms with Gasteiger partial charge in [0.05, 0.1) is 23.4 Å². The number of thioether (sulfide) groups is 1. The van der Waals surface area contributed by atoms with Crippen LogP contribution in [-0.2, 0) is 16.1 Å². The summed E-state index contributed by atoms with van der Waals surface area (Å²) in [7, 11) is 0. The monoisotopic (exact) mass is 431 g/mol. The molecular formula is C22H17N5O3S. The molecule has 5 rings (SSSR count). The van der Waals surface area contributed by atoms with Gasteiger partial charge in [-0.05, 0) is 22.1 Å². The number of carbonyl (C=O) groups is 2. The van der Waals surface area contributed by atoms with E-state index < -0.39 is 5.97 Å². The van der Waals surface area contributed by atoms with E-state index in [2.05, 4.69) is 39.7 Å². The SMILES string of the molecule is O=C([O-])C1=CS[C@@H]2/C(=C(/CC[n+]3ccc(-c4ccccc4)cc3)c3cn[nH]n3)C(=O)N12. The van der Waals surface area contributed by atoms with Crippen LogP contribution in [0, 0.1) is 0 Å². The van der Waals surface area contributed by atoms with Gasteiger partial charge in [-0.1, -0.05) is 30.3 Å². The minimum atomic E-state index is -1.35. The number of amides is 1. The van der Waals surface area contributed by atoms with Crippen molar-refractivity contribution < 1.29 is 19.3 Å². The lowest BCUT2D eigenvalue weighted by Gasteiger charge is -2.39. The molecule has 2 aliphatic heterocycles. The van der Waals surface area contributed by atoms with E-state index in [1.807, 2.05) is 35.2 Å². The van der Waals surface area contributed by atoms with E-state index in [-0.39, 0.29) is 17.0 Å². The normalized spacial score (nSPS) is 19.0. The van der Waals surface area contributed by atoms with Crippen molar-refractivity contribution in [3.05, 3.63) is 83.4 Å². The van der Waals surface area contributed by atoms with Crippen LogP contribution in [0.2, 0.25) is 0 Å². The summed E-state index contributed by atoms with van der Waals surface area (Å²) in [5.41, 5.74) is 4.10. The highest BCUT2D eigenvalue weighted by Gasteiger charge is 2.49. The number of aromatic amines is 1. The Labute approximate surface area is 181 Å². The Morgan fingerprint density at radius 2 is 1.90 bits per heavy atom. The number of carboxylic acids is 1. The van der Waals surface area contributed by atoms with E-state index in [9.17, 15) is 14.7 Å². The Morgan fingerprint density at radius 1 is 1.16 bits per heavy atom. The Hall–Kier alpha value is -3.72. The number of aryl methyl sites for hydroxylation is 1. The summed E-state index contributed by atoms with van der Waals surface area (Å²) in [4.78, 5) is 25.3. The molecule has 1 atom stereocenters. The van der Waals surface area contributed by atoms with E-state index in [0.29, 0.717) is 24.2 Å². The number of aromatic nitrogens is 4. The molecular weight excluding hydrogens is 414 g/mol. The minimum absolute atomic E-state index is 0.0888.